The lowest BCUT2D eigenvalue weighted by Crippen LogP contribution is -2.21. The van der Waals surface area contributed by atoms with Crippen LogP contribution < -0.4 is 10.6 Å². The van der Waals surface area contributed by atoms with E-state index in [0.717, 1.165) is 12.4 Å². The molecular weight excluding hydrogens is 88.1 g/mol. The molecule has 0 rings (SSSR count). The summed E-state index contributed by atoms with van der Waals surface area (Å²) in [6.07, 6.45) is 0. The van der Waals surface area contributed by atoms with E-state index in [9.17, 15) is 0 Å². The van der Waals surface area contributed by atoms with Gasteiger partial charge in [-0.15, -0.1) is 0 Å². The fourth-order valence-corrected chi connectivity index (χ4v) is 0.302. The average molecular weight is 104 g/mol. The maximum absolute atomic E-state index is 3.64. The van der Waals surface area contributed by atoms with Crippen LogP contribution in [-0.2, 0) is 0 Å². The molecule has 0 fully saturated rings. The summed E-state index contributed by atoms with van der Waals surface area (Å²) in [6, 6.07) is 0. The zero-order valence-corrected chi connectivity index (χ0v) is 4.91. The van der Waals surface area contributed by atoms with E-state index in [2.05, 4.69) is 17.2 Å². The van der Waals surface area contributed by atoms with Crippen molar-refractivity contribution in [2.75, 3.05) is 13.6 Å². The second-order valence-electron chi connectivity index (χ2n) is 1.26. The van der Waals surface area contributed by atoms with E-state index >= 15 is 0 Å². The monoisotopic (exact) mass is 104 g/mol. The van der Waals surface area contributed by atoms with E-state index in [-0.39, 0.29) is 2.85 Å². The van der Waals surface area contributed by atoms with E-state index in [1.165, 1.54) is 0 Å². The third-order valence-corrected chi connectivity index (χ3v) is 0.692. The van der Waals surface area contributed by atoms with Gasteiger partial charge in [-0.3, -0.25) is 0 Å². The Kier molecular flexibility index (Phi) is 3.19. The van der Waals surface area contributed by atoms with Crippen LogP contribution in [0.15, 0.2) is 12.4 Å². The highest BCUT2D eigenvalue weighted by molar-refractivity contribution is 4.84. The van der Waals surface area contributed by atoms with Crippen molar-refractivity contribution in [2.45, 2.75) is 6.92 Å². The Bertz CT molecular complexity index is 66.0. The van der Waals surface area contributed by atoms with Crippen LogP contribution in [0.3, 0.4) is 0 Å². The topological polar surface area (TPSA) is 24.1 Å². The molecule has 46 valence electrons. The van der Waals surface area contributed by atoms with Crippen LogP contribution >= 0.6 is 0 Å². The van der Waals surface area contributed by atoms with Crippen molar-refractivity contribution in [3.63, 3.8) is 0 Å². The molecule has 0 aromatic carbocycles. The third kappa shape index (κ3) is 3.16. The van der Waals surface area contributed by atoms with E-state index in [1.54, 1.807) is 0 Å². The average Bonchev–Trinajstić information content (AvgIpc) is 1.68. The summed E-state index contributed by atoms with van der Waals surface area (Å²) in [7, 11) is 1.84. The van der Waals surface area contributed by atoms with Crippen LogP contribution in [0, 0.1) is 0 Å². The van der Waals surface area contributed by atoms with Crippen molar-refractivity contribution in [3.05, 3.63) is 12.4 Å². The van der Waals surface area contributed by atoms with Crippen molar-refractivity contribution in [1.82, 2.24) is 10.6 Å². The maximum Gasteiger partial charge on any atom is 0.0909 e. The number of hydrogen-bond donors (Lipinski definition) is 2. The molecule has 2 heteroatoms. The summed E-state index contributed by atoms with van der Waals surface area (Å²) in [5.74, 6) is 0.877. The highest BCUT2D eigenvalue weighted by Crippen LogP contribution is 1.67. The number of hydrogen-bond acceptors (Lipinski definition) is 2. The molecule has 0 saturated heterocycles. The normalized spacial score (nSPS) is 7.71. The Labute approximate surface area is 47.6 Å². The van der Waals surface area contributed by atoms with Gasteiger partial charge >= 0.3 is 0 Å². The lowest BCUT2D eigenvalue weighted by molar-refractivity contribution is 0.771. The minimum atomic E-state index is 0. The Morgan fingerprint density at radius 2 is 2.43 bits per heavy atom. The van der Waals surface area contributed by atoms with Gasteiger partial charge < -0.3 is 10.6 Å². The molecule has 0 aliphatic rings. The van der Waals surface area contributed by atoms with E-state index < -0.39 is 0 Å². The smallest absolute Gasteiger partial charge is 0.0909 e. The molecule has 0 amide bonds. The van der Waals surface area contributed by atoms with Crippen molar-refractivity contribution in [3.8, 4) is 0 Å². The van der Waals surface area contributed by atoms with Gasteiger partial charge in [-0.25, -0.2) is 0 Å². The Hall–Kier alpha value is -0.660. The van der Waals surface area contributed by atoms with Crippen LogP contribution in [0.5, 0.6) is 0 Å². The quantitative estimate of drug-likeness (QED) is 0.553. The Morgan fingerprint density at radius 3 is 2.57 bits per heavy atom. The fourth-order valence-electron chi connectivity index (χ4n) is 0.302. The van der Waals surface area contributed by atoms with E-state index in [4.69, 9.17) is 0 Å². The molecule has 2 N–H and O–H groups in total. The maximum atomic E-state index is 3.64. The molecule has 2 nitrogen and oxygen atoms in total. The van der Waals surface area contributed by atoms with Gasteiger partial charge in [-0.1, -0.05) is 6.58 Å². The molecule has 0 aromatic heterocycles. The summed E-state index contributed by atoms with van der Waals surface area (Å²) in [4.78, 5) is 0. The number of rotatable bonds is 3. The highest BCUT2D eigenvalue weighted by atomic mass is 15.1. The molecule has 0 radical (unpaired) electrons. The minimum Gasteiger partial charge on any atom is -0.375 e. The lowest BCUT2D eigenvalue weighted by Gasteiger charge is -2.02. The lowest BCUT2D eigenvalue weighted by atomic mass is 10.7. The van der Waals surface area contributed by atoms with Crippen molar-refractivity contribution in [2.24, 2.45) is 0 Å². The fraction of sp³-hybridized carbons (Fsp3) is 0.600. The Morgan fingerprint density at radius 1 is 1.86 bits per heavy atom. The molecule has 0 bridgehead atoms. The molecule has 0 spiro atoms. The highest BCUT2D eigenvalue weighted by Gasteiger charge is 1.77. The van der Waals surface area contributed by atoms with Crippen LogP contribution in [-0.4, -0.2) is 13.6 Å². The van der Waals surface area contributed by atoms with Gasteiger partial charge in [0, 0.05) is 16.4 Å². The second-order valence-corrected chi connectivity index (χ2v) is 1.26. The first kappa shape index (κ1) is 6.34. The molecule has 0 saturated carbocycles. The van der Waals surface area contributed by atoms with Crippen molar-refractivity contribution in [1.29, 1.82) is 0 Å². The molecule has 0 unspecified atom stereocenters. The Balaban J connectivity index is -0.000000180. The largest absolute Gasteiger partial charge is 0.375 e. The predicted molar refractivity (Wildman–Crippen MR) is 36.1 cm³/mol. The van der Waals surface area contributed by atoms with Crippen molar-refractivity contribution < 1.29 is 2.85 Å². The summed E-state index contributed by atoms with van der Waals surface area (Å²) in [6.45, 7) is 6.60. The molecule has 0 heterocycles. The predicted octanol–water partition coefficient (Wildman–Crippen LogP) is 0.778. The summed E-state index contributed by atoms with van der Waals surface area (Å²) in [5, 5.41) is 5.85. The van der Waals surface area contributed by atoms with Gasteiger partial charge in [0.05, 0.1) is 5.82 Å². The molecule has 0 aliphatic heterocycles. The van der Waals surface area contributed by atoms with Crippen molar-refractivity contribution >= 4 is 0 Å². The number of nitrogens with one attached hydrogen (secondary N) is 2. The SMILES string of the molecule is C=C(NC)NCC.[HH].[HH]. The van der Waals surface area contributed by atoms with Crippen LogP contribution in [0.2, 0.25) is 0 Å². The molecule has 0 atom stereocenters. The molecule has 0 aromatic rings. The molecule has 7 heavy (non-hydrogen) atoms. The van der Waals surface area contributed by atoms with Gasteiger partial charge in [0.25, 0.3) is 0 Å². The van der Waals surface area contributed by atoms with Gasteiger partial charge in [0.15, 0.2) is 0 Å². The first-order valence-corrected chi connectivity index (χ1v) is 2.41. The van der Waals surface area contributed by atoms with Crippen LogP contribution in [0.1, 0.15) is 9.78 Å². The van der Waals surface area contributed by atoms with Gasteiger partial charge in [0.2, 0.25) is 0 Å². The molecule has 0 aliphatic carbocycles. The van der Waals surface area contributed by atoms with Crippen LogP contribution in [0.25, 0.3) is 0 Å². The van der Waals surface area contributed by atoms with E-state index in [1.807, 2.05) is 14.0 Å². The first-order chi connectivity index (χ1) is 3.31. The molecular formula is C5H16N2. The van der Waals surface area contributed by atoms with E-state index in [0.29, 0.717) is 0 Å². The third-order valence-electron chi connectivity index (χ3n) is 0.692. The van der Waals surface area contributed by atoms with Crippen LogP contribution in [0.4, 0.5) is 0 Å². The summed E-state index contributed by atoms with van der Waals surface area (Å²) >= 11 is 0. The van der Waals surface area contributed by atoms with Gasteiger partial charge in [0.1, 0.15) is 0 Å². The standard InChI is InChI=1S/C5H12N2.2H2/c1-4-7-5(2)6-3;;/h6-7H,2,4H2,1,3H3;2*1H. The zero-order chi connectivity index (χ0) is 5.70. The second kappa shape index (κ2) is 3.53. The van der Waals surface area contributed by atoms with Gasteiger partial charge in [-0.2, -0.15) is 0 Å². The summed E-state index contributed by atoms with van der Waals surface area (Å²) in [5.41, 5.74) is 0. The van der Waals surface area contributed by atoms with Gasteiger partial charge in [-0.05, 0) is 6.92 Å². The first-order valence-electron chi connectivity index (χ1n) is 2.41. The minimum absolute atomic E-state index is 0. The zero-order valence-electron chi connectivity index (χ0n) is 4.91. The summed E-state index contributed by atoms with van der Waals surface area (Å²) < 4.78 is 0.